The Balaban J connectivity index is 1.36. The molecule has 1 aliphatic rings. The van der Waals surface area contributed by atoms with Gasteiger partial charge in [0.15, 0.2) is 11.0 Å². The van der Waals surface area contributed by atoms with Crippen LogP contribution >= 0.6 is 23.1 Å². The zero-order valence-electron chi connectivity index (χ0n) is 15.9. The fraction of sp³-hybridized carbons (Fsp3) is 0.381. The zero-order valence-corrected chi connectivity index (χ0v) is 17.6. The quantitative estimate of drug-likeness (QED) is 0.477. The molecule has 4 rings (SSSR count). The molecule has 0 atom stereocenters. The number of carbonyl (C=O) groups excluding carboxylic acids is 1. The topological polar surface area (TPSA) is 59.8 Å². The number of aromatic nitrogens is 3. The Morgan fingerprint density at radius 1 is 1.25 bits per heavy atom. The van der Waals surface area contributed by atoms with Crippen molar-refractivity contribution >= 4 is 34.7 Å². The Hall–Kier alpha value is -2.12. The van der Waals surface area contributed by atoms with Gasteiger partial charge < -0.3 is 5.32 Å². The molecule has 1 aliphatic carbocycles. The summed E-state index contributed by atoms with van der Waals surface area (Å²) in [5, 5.41) is 14.6. The van der Waals surface area contributed by atoms with Crippen molar-refractivity contribution < 1.29 is 4.79 Å². The predicted molar refractivity (Wildman–Crippen MR) is 116 cm³/mol. The third-order valence-electron chi connectivity index (χ3n) is 4.71. The maximum Gasteiger partial charge on any atom is 0.234 e. The van der Waals surface area contributed by atoms with E-state index in [1.165, 1.54) is 30.2 Å². The number of amides is 1. The molecule has 28 heavy (non-hydrogen) atoms. The smallest absolute Gasteiger partial charge is 0.234 e. The number of unbranched alkanes of at least 4 members (excludes halogenated alkanes) is 1. The van der Waals surface area contributed by atoms with Gasteiger partial charge in [-0.25, -0.2) is 0 Å². The number of hydrogen-bond donors (Lipinski definition) is 1. The van der Waals surface area contributed by atoms with E-state index < -0.39 is 0 Å². The molecule has 1 aromatic carbocycles. The molecule has 1 fully saturated rings. The van der Waals surface area contributed by atoms with E-state index in [-0.39, 0.29) is 5.91 Å². The summed E-state index contributed by atoms with van der Waals surface area (Å²) in [7, 11) is 0. The van der Waals surface area contributed by atoms with Gasteiger partial charge in [0.1, 0.15) is 0 Å². The fourth-order valence-electron chi connectivity index (χ4n) is 3.07. The van der Waals surface area contributed by atoms with Crippen molar-refractivity contribution in [2.24, 2.45) is 0 Å². The van der Waals surface area contributed by atoms with Gasteiger partial charge in [0, 0.05) is 11.7 Å². The monoisotopic (exact) mass is 412 g/mol. The van der Waals surface area contributed by atoms with Crippen LogP contribution in [0.1, 0.15) is 44.2 Å². The molecule has 2 aromatic heterocycles. The summed E-state index contributed by atoms with van der Waals surface area (Å²) >= 11 is 3.13. The minimum Gasteiger partial charge on any atom is -0.325 e. The van der Waals surface area contributed by atoms with E-state index in [1.54, 1.807) is 11.3 Å². The summed E-state index contributed by atoms with van der Waals surface area (Å²) in [6.07, 6.45) is 5.78. The molecule has 2 heterocycles. The van der Waals surface area contributed by atoms with E-state index >= 15 is 0 Å². The first-order chi connectivity index (χ1) is 13.7. The van der Waals surface area contributed by atoms with Gasteiger partial charge in [0.2, 0.25) is 5.91 Å². The number of hydrogen-bond acceptors (Lipinski definition) is 5. The van der Waals surface area contributed by atoms with Gasteiger partial charge in [-0.3, -0.25) is 9.36 Å². The molecule has 0 radical (unpaired) electrons. The third-order valence-corrected chi connectivity index (χ3v) is 6.52. The molecule has 1 saturated carbocycles. The lowest BCUT2D eigenvalue weighted by Gasteiger charge is -2.08. The Labute approximate surface area is 173 Å². The first kappa shape index (κ1) is 19.2. The minimum absolute atomic E-state index is 0.0191. The van der Waals surface area contributed by atoms with Crippen molar-refractivity contribution in [3.63, 3.8) is 0 Å². The van der Waals surface area contributed by atoms with Crippen LogP contribution in [-0.2, 0) is 11.2 Å². The number of thioether (sulfide) groups is 1. The molecule has 5 nitrogen and oxygen atoms in total. The number of thiophene rings is 1. The lowest BCUT2D eigenvalue weighted by molar-refractivity contribution is -0.113. The second-order valence-corrected chi connectivity index (χ2v) is 8.91. The Morgan fingerprint density at radius 3 is 2.75 bits per heavy atom. The fourth-order valence-corrected chi connectivity index (χ4v) is 4.58. The molecule has 0 saturated heterocycles. The molecular formula is C21H24N4OS2. The van der Waals surface area contributed by atoms with Gasteiger partial charge in [-0.15, -0.1) is 21.5 Å². The van der Waals surface area contributed by atoms with E-state index in [0.717, 1.165) is 40.8 Å². The highest BCUT2D eigenvalue weighted by atomic mass is 32.2. The summed E-state index contributed by atoms with van der Waals surface area (Å²) in [6, 6.07) is 12.7. The van der Waals surface area contributed by atoms with Crippen LogP contribution in [0.3, 0.4) is 0 Å². The second-order valence-electron chi connectivity index (χ2n) is 7.02. The first-order valence-electron chi connectivity index (χ1n) is 9.75. The molecule has 0 unspecified atom stereocenters. The van der Waals surface area contributed by atoms with Gasteiger partial charge in [-0.05, 0) is 54.8 Å². The minimum atomic E-state index is -0.0191. The van der Waals surface area contributed by atoms with Crippen LogP contribution in [0.2, 0.25) is 0 Å². The standard InChI is InChI=1S/C21H24N4OS2/c1-2-3-5-15-7-9-16(10-8-15)22-19(26)14-28-21-24-23-20(18-6-4-13-27-18)25(21)17-11-12-17/h4,6-10,13,17H,2-3,5,11-12,14H2,1H3,(H,22,26). The van der Waals surface area contributed by atoms with E-state index in [0.29, 0.717) is 11.8 Å². The SMILES string of the molecule is CCCCc1ccc(NC(=O)CSc2nnc(-c3cccs3)n2C2CC2)cc1. The van der Waals surface area contributed by atoms with Gasteiger partial charge in [0.25, 0.3) is 0 Å². The van der Waals surface area contributed by atoms with Crippen LogP contribution in [0.25, 0.3) is 10.7 Å². The summed E-state index contributed by atoms with van der Waals surface area (Å²) < 4.78 is 2.20. The third kappa shape index (κ3) is 4.64. The van der Waals surface area contributed by atoms with E-state index in [2.05, 4.69) is 50.6 Å². The summed E-state index contributed by atoms with van der Waals surface area (Å²) in [5.74, 6) is 1.23. The van der Waals surface area contributed by atoms with Crippen molar-refractivity contribution in [1.82, 2.24) is 14.8 Å². The van der Waals surface area contributed by atoms with E-state index in [1.807, 2.05) is 18.2 Å². The van der Waals surface area contributed by atoms with Crippen LogP contribution < -0.4 is 5.32 Å². The highest BCUT2D eigenvalue weighted by molar-refractivity contribution is 7.99. The number of nitrogens with zero attached hydrogens (tertiary/aromatic N) is 3. The number of aryl methyl sites for hydroxylation is 1. The lowest BCUT2D eigenvalue weighted by atomic mass is 10.1. The Bertz CT molecular complexity index is 915. The largest absolute Gasteiger partial charge is 0.325 e. The summed E-state index contributed by atoms with van der Waals surface area (Å²) in [4.78, 5) is 13.5. The summed E-state index contributed by atoms with van der Waals surface area (Å²) in [6.45, 7) is 2.19. The molecular weight excluding hydrogens is 388 g/mol. The molecule has 1 amide bonds. The van der Waals surface area contributed by atoms with Gasteiger partial charge in [0.05, 0.1) is 10.6 Å². The predicted octanol–water partition coefficient (Wildman–Crippen LogP) is 5.41. The molecule has 146 valence electrons. The first-order valence-corrected chi connectivity index (χ1v) is 11.6. The normalized spacial score (nSPS) is 13.6. The van der Waals surface area contributed by atoms with Crippen LogP contribution in [0.4, 0.5) is 5.69 Å². The molecule has 7 heteroatoms. The number of anilines is 1. The van der Waals surface area contributed by atoms with Gasteiger partial charge in [-0.1, -0.05) is 43.3 Å². The van der Waals surface area contributed by atoms with Crippen LogP contribution in [0.5, 0.6) is 0 Å². The van der Waals surface area contributed by atoms with Crippen molar-refractivity contribution in [1.29, 1.82) is 0 Å². The lowest BCUT2D eigenvalue weighted by Crippen LogP contribution is -2.14. The molecule has 1 N–H and O–H groups in total. The van der Waals surface area contributed by atoms with E-state index in [9.17, 15) is 4.79 Å². The zero-order chi connectivity index (χ0) is 19.3. The van der Waals surface area contributed by atoms with Gasteiger partial charge >= 0.3 is 0 Å². The van der Waals surface area contributed by atoms with Crippen molar-refractivity contribution in [2.75, 3.05) is 11.1 Å². The summed E-state index contributed by atoms with van der Waals surface area (Å²) in [5.41, 5.74) is 2.15. The number of benzene rings is 1. The highest BCUT2D eigenvalue weighted by Gasteiger charge is 2.30. The molecule has 0 bridgehead atoms. The van der Waals surface area contributed by atoms with Crippen molar-refractivity contribution in [3.05, 3.63) is 47.3 Å². The van der Waals surface area contributed by atoms with Crippen LogP contribution in [-0.4, -0.2) is 26.4 Å². The van der Waals surface area contributed by atoms with Crippen LogP contribution in [0.15, 0.2) is 46.9 Å². The number of rotatable bonds is 9. The highest BCUT2D eigenvalue weighted by Crippen LogP contribution is 2.41. The molecule has 0 aliphatic heterocycles. The average Bonchev–Trinajstić information content (AvgIpc) is 3.23. The maximum absolute atomic E-state index is 12.4. The maximum atomic E-state index is 12.4. The second kappa shape index (κ2) is 8.92. The van der Waals surface area contributed by atoms with Crippen molar-refractivity contribution in [3.8, 4) is 10.7 Å². The van der Waals surface area contributed by atoms with Gasteiger partial charge in [-0.2, -0.15) is 0 Å². The number of carbonyl (C=O) groups is 1. The van der Waals surface area contributed by atoms with Crippen LogP contribution in [0, 0.1) is 0 Å². The van der Waals surface area contributed by atoms with E-state index in [4.69, 9.17) is 0 Å². The van der Waals surface area contributed by atoms with Crippen molar-refractivity contribution in [2.45, 2.75) is 50.2 Å². The average molecular weight is 413 g/mol. The Morgan fingerprint density at radius 2 is 2.07 bits per heavy atom. The number of nitrogens with one attached hydrogen (secondary N) is 1. The Kier molecular flexibility index (Phi) is 6.12. The molecule has 3 aromatic rings. The molecule has 0 spiro atoms.